The first-order chi connectivity index (χ1) is 9.68. The van der Waals surface area contributed by atoms with Gasteiger partial charge in [-0.1, -0.05) is 12.1 Å². The van der Waals surface area contributed by atoms with Crippen LogP contribution in [0.15, 0.2) is 36.7 Å². The highest BCUT2D eigenvalue weighted by Crippen LogP contribution is 2.24. The van der Waals surface area contributed by atoms with Crippen LogP contribution in [0.1, 0.15) is 23.2 Å². The second kappa shape index (κ2) is 4.92. The molecule has 5 heteroatoms. The maximum Gasteiger partial charge on any atom is 0.326 e. The largest absolute Gasteiger partial charge is 0.480 e. The summed E-state index contributed by atoms with van der Waals surface area (Å²) in [4.78, 5) is 29.3. The van der Waals surface area contributed by atoms with Crippen LogP contribution in [0.4, 0.5) is 0 Å². The number of fused-ring (bicyclic) bond motifs is 1. The third-order valence-electron chi connectivity index (χ3n) is 3.71. The first-order valence-corrected chi connectivity index (χ1v) is 6.55. The Hall–Kier alpha value is -2.43. The van der Waals surface area contributed by atoms with E-state index in [2.05, 4.69) is 4.98 Å². The van der Waals surface area contributed by atoms with Crippen molar-refractivity contribution in [2.45, 2.75) is 18.9 Å². The molecule has 1 saturated heterocycles. The van der Waals surface area contributed by atoms with Crippen LogP contribution in [0, 0.1) is 0 Å². The minimum absolute atomic E-state index is 0.216. The third-order valence-corrected chi connectivity index (χ3v) is 3.71. The van der Waals surface area contributed by atoms with E-state index >= 15 is 0 Å². The van der Waals surface area contributed by atoms with Gasteiger partial charge in [-0.2, -0.15) is 0 Å². The molecule has 20 heavy (non-hydrogen) atoms. The highest BCUT2D eigenvalue weighted by molar-refractivity contribution is 6.07. The van der Waals surface area contributed by atoms with Crippen molar-refractivity contribution >= 4 is 22.6 Å². The monoisotopic (exact) mass is 270 g/mol. The molecule has 2 heterocycles. The number of carbonyl (C=O) groups is 2. The maximum absolute atomic E-state index is 12.6. The van der Waals surface area contributed by atoms with E-state index in [9.17, 15) is 14.7 Å². The van der Waals surface area contributed by atoms with E-state index < -0.39 is 12.0 Å². The molecule has 1 fully saturated rings. The van der Waals surface area contributed by atoms with E-state index in [1.165, 1.54) is 4.90 Å². The molecule has 3 rings (SSSR count). The number of pyridine rings is 1. The van der Waals surface area contributed by atoms with E-state index in [0.29, 0.717) is 18.5 Å². The summed E-state index contributed by atoms with van der Waals surface area (Å²) in [5, 5.41) is 10.9. The molecule has 1 unspecified atom stereocenters. The number of likely N-dealkylation sites (tertiary alicyclic amines) is 1. The minimum atomic E-state index is -0.933. The van der Waals surface area contributed by atoms with Gasteiger partial charge in [0.1, 0.15) is 6.04 Å². The Morgan fingerprint density at radius 2 is 2.15 bits per heavy atom. The number of benzene rings is 1. The van der Waals surface area contributed by atoms with Gasteiger partial charge in [0.25, 0.3) is 5.91 Å². The van der Waals surface area contributed by atoms with Crippen molar-refractivity contribution in [3.05, 3.63) is 42.2 Å². The lowest BCUT2D eigenvalue weighted by Gasteiger charge is -2.22. The Morgan fingerprint density at radius 1 is 1.30 bits per heavy atom. The molecule has 0 aliphatic carbocycles. The second-order valence-electron chi connectivity index (χ2n) is 4.90. The summed E-state index contributed by atoms with van der Waals surface area (Å²) in [6.45, 7) is 0.497. The summed E-state index contributed by atoms with van der Waals surface area (Å²) in [5.74, 6) is -1.15. The fraction of sp³-hybridized carbons (Fsp3) is 0.267. The van der Waals surface area contributed by atoms with E-state index in [4.69, 9.17) is 0 Å². The molecule has 1 aliphatic heterocycles. The molecule has 0 radical (unpaired) electrons. The van der Waals surface area contributed by atoms with Crippen LogP contribution in [-0.2, 0) is 4.79 Å². The van der Waals surface area contributed by atoms with Crippen LogP contribution in [0.25, 0.3) is 10.8 Å². The average Bonchev–Trinajstić information content (AvgIpc) is 2.95. The second-order valence-corrected chi connectivity index (χ2v) is 4.90. The number of carboxylic acid groups (broad SMARTS) is 1. The van der Waals surface area contributed by atoms with Gasteiger partial charge < -0.3 is 10.0 Å². The smallest absolute Gasteiger partial charge is 0.326 e. The van der Waals surface area contributed by atoms with E-state index in [1.54, 1.807) is 30.6 Å². The van der Waals surface area contributed by atoms with Gasteiger partial charge >= 0.3 is 5.97 Å². The van der Waals surface area contributed by atoms with Gasteiger partial charge in [-0.25, -0.2) is 4.79 Å². The Morgan fingerprint density at radius 3 is 2.95 bits per heavy atom. The predicted molar refractivity (Wildman–Crippen MR) is 73.4 cm³/mol. The SMILES string of the molecule is O=C(O)C1CCCN1C(=O)c1cccc2cnccc12. The Labute approximate surface area is 115 Å². The molecule has 0 bridgehead atoms. The van der Waals surface area contributed by atoms with Gasteiger partial charge in [0.2, 0.25) is 0 Å². The molecule has 1 aliphatic rings. The minimum Gasteiger partial charge on any atom is -0.480 e. The van der Waals surface area contributed by atoms with Crippen LogP contribution >= 0.6 is 0 Å². The zero-order valence-electron chi connectivity index (χ0n) is 10.8. The summed E-state index contributed by atoms with van der Waals surface area (Å²) < 4.78 is 0. The molecular weight excluding hydrogens is 256 g/mol. The highest BCUT2D eigenvalue weighted by Gasteiger charge is 2.34. The van der Waals surface area contributed by atoms with Crippen molar-refractivity contribution in [2.75, 3.05) is 6.54 Å². The first-order valence-electron chi connectivity index (χ1n) is 6.55. The van der Waals surface area contributed by atoms with Gasteiger partial charge in [-0.15, -0.1) is 0 Å². The normalized spacial score (nSPS) is 18.4. The van der Waals surface area contributed by atoms with Crippen LogP contribution in [0.2, 0.25) is 0 Å². The molecule has 1 aromatic carbocycles. The van der Waals surface area contributed by atoms with Crippen molar-refractivity contribution < 1.29 is 14.7 Å². The number of hydrogen-bond acceptors (Lipinski definition) is 3. The number of nitrogens with zero attached hydrogens (tertiary/aromatic N) is 2. The van der Waals surface area contributed by atoms with E-state index in [-0.39, 0.29) is 5.91 Å². The Balaban J connectivity index is 2.03. The molecule has 1 aromatic heterocycles. The fourth-order valence-corrected chi connectivity index (χ4v) is 2.73. The Kier molecular flexibility index (Phi) is 3.10. The number of rotatable bonds is 2. The molecule has 1 atom stereocenters. The third kappa shape index (κ3) is 2.01. The zero-order chi connectivity index (χ0) is 14.1. The fourth-order valence-electron chi connectivity index (χ4n) is 2.73. The molecule has 0 spiro atoms. The van der Waals surface area contributed by atoms with Crippen molar-refractivity contribution in [1.82, 2.24) is 9.88 Å². The summed E-state index contributed by atoms with van der Waals surface area (Å²) in [6, 6.07) is 6.50. The van der Waals surface area contributed by atoms with Crippen LogP contribution in [0.5, 0.6) is 0 Å². The number of aliphatic carboxylic acids is 1. The molecule has 1 amide bonds. The number of carbonyl (C=O) groups excluding carboxylic acids is 1. The molecule has 0 saturated carbocycles. The highest BCUT2D eigenvalue weighted by atomic mass is 16.4. The van der Waals surface area contributed by atoms with Crippen molar-refractivity contribution in [2.24, 2.45) is 0 Å². The molecule has 1 N–H and O–H groups in total. The topological polar surface area (TPSA) is 70.5 Å². The summed E-state index contributed by atoms with van der Waals surface area (Å²) in [7, 11) is 0. The van der Waals surface area contributed by atoms with Crippen molar-refractivity contribution in [1.29, 1.82) is 0 Å². The first kappa shape index (κ1) is 12.6. The van der Waals surface area contributed by atoms with Gasteiger partial charge in [0.05, 0.1) is 0 Å². The standard InChI is InChI=1S/C15H14N2O3/c18-14(17-8-2-5-13(17)15(19)20)12-4-1-3-10-9-16-7-6-11(10)12/h1,3-4,6-7,9,13H,2,5,8H2,(H,19,20). The summed E-state index contributed by atoms with van der Waals surface area (Å²) in [5.41, 5.74) is 0.540. The van der Waals surface area contributed by atoms with Crippen LogP contribution < -0.4 is 0 Å². The lowest BCUT2D eigenvalue weighted by atomic mass is 10.1. The maximum atomic E-state index is 12.6. The van der Waals surface area contributed by atoms with Gasteiger partial charge in [0.15, 0.2) is 0 Å². The number of aromatic nitrogens is 1. The lowest BCUT2D eigenvalue weighted by molar-refractivity contribution is -0.141. The summed E-state index contributed by atoms with van der Waals surface area (Å²) >= 11 is 0. The van der Waals surface area contributed by atoms with Crippen molar-refractivity contribution in [3.8, 4) is 0 Å². The summed E-state index contributed by atoms with van der Waals surface area (Å²) in [6.07, 6.45) is 4.59. The molecular formula is C15H14N2O3. The van der Waals surface area contributed by atoms with Gasteiger partial charge in [-0.05, 0) is 30.4 Å². The quantitative estimate of drug-likeness (QED) is 0.905. The molecule has 102 valence electrons. The zero-order valence-corrected chi connectivity index (χ0v) is 10.8. The number of carboxylic acids is 1. The number of amides is 1. The average molecular weight is 270 g/mol. The van der Waals surface area contributed by atoms with E-state index in [0.717, 1.165) is 17.2 Å². The predicted octanol–water partition coefficient (Wildman–Crippen LogP) is 1.92. The molecule has 2 aromatic rings. The van der Waals surface area contributed by atoms with Crippen LogP contribution in [0.3, 0.4) is 0 Å². The Bertz CT molecular complexity index is 678. The molecule has 5 nitrogen and oxygen atoms in total. The lowest BCUT2D eigenvalue weighted by Crippen LogP contribution is -2.40. The van der Waals surface area contributed by atoms with Crippen LogP contribution in [-0.4, -0.2) is 39.5 Å². The van der Waals surface area contributed by atoms with Crippen molar-refractivity contribution in [3.63, 3.8) is 0 Å². The van der Waals surface area contributed by atoms with Gasteiger partial charge in [0, 0.05) is 29.9 Å². The van der Waals surface area contributed by atoms with Gasteiger partial charge in [-0.3, -0.25) is 9.78 Å². The van der Waals surface area contributed by atoms with E-state index in [1.807, 2.05) is 6.07 Å². The number of hydrogen-bond donors (Lipinski definition) is 1.